The maximum Gasteiger partial charge on any atom is 0.317 e. The third-order valence-electron chi connectivity index (χ3n) is 3.46. The maximum atomic E-state index is 11.5. The predicted octanol–water partition coefficient (Wildman–Crippen LogP) is -0.851. The third-order valence-corrected chi connectivity index (χ3v) is 3.46. The number of piperazine rings is 1. The van der Waals surface area contributed by atoms with Crippen LogP contribution in [0.1, 0.15) is 5.69 Å². The van der Waals surface area contributed by atoms with Gasteiger partial charge in [0.05, 0.1) is 24.1 Å². The summed E-state index contributed by atoms with van der Waals surface area (Å²) in [5, 5.41) is 2.86. The SMILES string of the molecule is NCc1cnc(N2CCN3C(=O)NCC3C2)cn1. The number of aromatic nitrogens is 2. The minimum Gasteiger partial charge on any atom is -0.351 e. The number of rotatable bonds is 2. The van der Waals surface area contributed by atoms with Gasteiger partial charge in [-0.15, -0.1) is 0 Å². The van der Waals surface area contributed by atoms with Crippen molar-refractivity contribution in [2.24, 2.45) is 5.73 Å². The summed E-state index contributed by atoms with van der Waals surface area (Å²) >= 11 is 0. The van der Waals surface area contributed by atoms with Gasteiger partial charge in [-0.25, -0.2) is 9.78 Å². The fourth-order valence-corrected chi connectivity index (χ4v) is 2.43. The van der Waals surface area contributed by atoms with Gasteiger partial charge in [0, 0.05) is 32.7 Å². The third kappa shape index (κ3) is 1.86. The van der Waals surface area contributed by atoms with Crippen molar-refractivity contribution < 1.29 is 4.79 Å². The van der Waals surface area contributed by atoms with Gasteiger partial charge in [0.1, 0.15) is 5.82 Å². The number of nitrogens with zero attached hydrogens (tertiary/aromatic N) is 4. The lowest BCUT2D eigenvalue weighted by molar-refractivity contribution is 0.197. The van der Waals surface area contributed by atoms with Gasteiger partial charge in [-0.2, -0.15) is 0 Å². The van der Waals surface area contributed by atoms with Crippen molar-refractivity contribution in [1.82, 2.24) is 20.2 Å². The first-order valence-corrected chi connectivity index (χ1v) is 6.08. The second kappa shape index (κ2) is 4.41. The molecule has 7 heteroatoms. The Hall–Kier alpha value is -1.89. The number of carbonyl (C=O) groups excluding carboxylic acids is 1. The van der Waals surface area contributed by atoms with Gasteiger partial charge >= 0.3 is 6.03 Å². The van der Waals surface area contributed by atoms with Gasteiger partial charge in [0.15, 0.2) is 0 Å². The van der Waals surface area contributed by atoms with E-state index in [4.69, 9.17) is 5.73 Å². The second-order valence-corrected chi connectivity index (χ2v) is 4.55. The molecule has 0 saturated carbocycles. The van der Waals surface area contributed by atoms with Crippen LogP contribution < -0.4 is 16.0 Å². The van der Waals surface area contributed by atoms with Gasteiger partial charge in [-0.3, -0.25) is 4.98 Å². The molecule has 3 N–H and O–H groups in total. The van der Waals surface area contributed by atoms with Crippen LogP contribution in [-0.2, 0) is 6.54 Å². The average molecular weight is 248 g/mol. The highest BCUT2D eigenvalue weighted by atomic mass is 16.2. The number of nitrogens with one attached hydrogen (secondary N) is 1. The number of anilines is 1. The van der Waals surface area contributed by atoms with E-state index in [1.165, 1.54) is 0 Å². The van der Waals surface area contributed by atoms with Crippen LogP contribution in [-0.4, -0.2) is 53.1 Å². The molecule has 1 atom stereocenters. The highest BCUT2D eigenvalue weighted by Crippen LogP contribution is 2.18. The quantitative estimate of drug-likeness (QED) is 0.712. The Bertz CT molecular complexity index is 447. The zero-order valence-corrected chi connectivity index (χ0v) is 10.0. The average Bonchev–Trinajstić information content (AvgIpc) is 2.80. The first-order valence-electron chi connectivity index (χ1n) is 6.08. The van der Waals surface area contributed by atoms with Crippen molar-refractivity contribution in [3.63, 3.8) is 0 Å². The van der Waals surface area contributed by atoms with Gasteiger partial charge in [0.2, 0.25) is 0 Å². The molecule has 0 aliphatic carbocycles. The number of urea groups is 1. The minimum atomic E-state index is 0.0456. The Morgan fingerprint density at radius 3 is 3.00 bits per heavy atom. The van der Waals surface area contributed by atoms with E-state index in [0.29, 0.717) is 13.1 Å². The molecule has 0 bridgehead atoms. The number of hydrogen-bond donors (Lipinski definition) is 2. The molecule has 0 spiro atoms. The fraction of sp³-hybridized carbons (Fsp3) is 0.545. The normalized spacial score (nSPS) is 22.9. The molecule has 2 fully saturated rings. The zero-order valence-electron chi connectivity index (χ0n) is 10.0. The molecule has 1 unspecified atom stereocenters. The summed E-state index contributed by atoms with van der Waals surface area (Å²) in [5.41, 5.74) is 6.28. The van der Waals surface area contributed by atoms with Crippen LogP contribution in [0.3, 0.4) is 0 Å². The summed E-state index contributed by atoms with van der Waals surface area (Å²) in [4.78, 5) is 24.2. The minimum absolute atomic E-state index is 0.0456. The molecule has 1 aromatic heterocycles. The molecule has 3 heterocycles. The standard InChI is InChI=1S/C11H16N6O/c12-3-8-4-14-10(6-13-8)16-1-2-17-9(7-16)5-15-11(17)18/h4,6,9H,1-3,5,7,12H2,(H,15,18). The Kier molecular flexibility index (Phi) is 2.75. The van der Waals surface area contributed by atoms with E-state index < -0.39 is 0 Å². The topological polar surface area (TPSA) is 87.4 Å². The van der Waals surface area contributed by atoms with Crippen LogP contribution in [0.15, 0.2) is 12.4 Å². The lowest BCUT2D eigenvalue weighted by atomic mass is 10.2. The van der Waals surface area contributed by atoms with E-state index in [2.05, 4.69) is 20.2 Å². The molecular formula is C11H16N6O. The Morgan fingerprint density at radius 1 is 1.39 bits per heavy atom. The molecule has 1 aromatic rings. The molecule has 2 aliphatic rings. The Labute approximate surface area is 105 Å². The van der Waals surface area contributed by atoms with Crippen LogP contribution in [0.2, 0.25) is 0 Å². The van der Waals surface area contributed by atoms with Crippen molar-refractivity contribution in [1.29, 1.82) is 0 Å². The first-order chi connectivity index (χ1) is 8.78. The Morgan fingerprint density at radius 2 is 2.28 bits per heavy atom. The number of nitrogens with two attached hydrogens (primary N) is 1. The van der Waals surface area contributed by atoms with Crippen LogP contribution in [0, 0.1) is 0 Å². The summed E-state index contributed by atoms with van der Waals surface area (Å²) in [6, 6.07) is 0.284. The van der Waals surface area contributed by atoms with E-state index in [1.54, 1.807) is 12.4 Å². The zero-order chi connectivity index (χ0) is 12.5. The molecular weight excluding hydrogens is 232 g/mol. The lowest BCUT2D eigenvalue weighted by Gasteiger charge is -2.36. The number of hydrogen-bond acceptors (Lipinski definition) is 5. The van der Waals surface area contributed by atoms with E-state index in [0.717, 1.165) is 31.1 Å². The largest absolute Gasteiger partial charge is 0.351 e. The van der Waals surface area contributed by atoms with Crippen molar-refractivity contribution in [2.75, 3.05) is 31.1 Å². The van der Waals surface area contributed by atoms with Crippen LogP contribution >= 0.6 is 0 Å². The van der Waals surface area contributed by atoms with Crippen molar-refractivity contribution in [2.45, 2.75) is 12.6 Å². The van der Waals surface area contributed by atoms with E-state index >= 15 is 0 Å². The predicted molar refractivity (Wildman–Crippen MR) is 66.0 cm³/mol. The second-order valence-electron chi connectivity index (χ2n) is 4.55. The van der Waals surface area contributed by atoms with Crippen molar-refractivity contribution in [3.8, 4) is 0 Å². The van der Waals surface area contributed by atoms with Gasteiger partial charge in [-0.1, -0.05) is 0 Å². The van der Waals surface area contributed by atoms with Crippen LogP contribution in [0.25, 0.3) is 0 Å². The summed E-state index contributed by atoms with van der Waals surface area (Å²) in [5.74, 6) is 0.853. The summed E-state index contributed by atoms with van der Waals surface area (Å²) < 4.78 is 0. The summed E-state index contributed by atoms with van der Waals surface area (Å²) in [6.07, 6.45) is 3.46. The molecule has 2 amide bonds. The molecule has 96 valence electrons. The van der Waals surface area contributed by atoms with Crippen LogP contribution in [0.5, 0.6) is 0 Å². The van der Waals surface area contributed by atoms with Crippen molar-refractivity contribution in [3.05, 3.63) is 18.1 Å². The maximum absolute atomic E-state index is 11.5. The van der Waals surface area contributed by atoms with Gasteiger partial charge in [-0.05, 0) is 0 Å². The van der Waals surface area contributed by atoms with Crippen LogP contribution in [0.4, 0.5) is 10.6 Å². The number of fused-ring (bicyclic) bond motifs is 1. The van der Waals surface area contributed by atoms with E-state index in [-0.39, 0.29) is 12.1 Å². The molecule has 7 nitrogen and oxygen atoms in total. The van der Waals surface area contributed by atoms with Gasteiger partial charge in [0.25, 0.3) is 0 Å². The molecule has 0 aromatic carbocycles. The van der Waals surface area contributed by atoms with E-state index in [9.17, 15) is 4.79 Å². The molecule has 0 radical (unpaired) electrons. The molecule has 2 aliphatic heterocycles. The van der Waals surface area contributed by atoms with Gasteiger partial charge < -0.3 is 20.9 Å². The summed E-state index contributed by atoms with van der Waals surface area (Å²) in [7, 11) is 0. The highest BCUT2D eigenvalue weighted by molar-refractivity contribution is 5.77. The monoisotopic (exact) mass is 248 g/mol. The van der Waals surface area contributed by atoms with Crippen molar-refractivity contribution >= 4 is 11.8 Å². The smallest absolute Gasteiger partial charge is 0.317 e. The number of amides is 2. The molecule has 3 rings (SSSR count). The number of carbonyl (C=O) groups is 1. The Balaban J connectivity index is 1.72. The molecule has 18 heavy (non-hydrogen) atoms. The highest BCUT2D eigenvalue weighted by Gasteiger charge is 2.35. The fourth-order valence-electron chi connectivity index (χ4n) is 2.43. The van der Waals surface area contributed by atoms with E-state index in [1.807, 2.05) is 4.90 Å². The first kappa shape index (κ1) is 11.2. The molecule has 2 saturated heterocycles. The lowest BCUT2D eigenvalue weighted by Crippen LogP contribution is -2.52. The summed E-state index contributed by atoms with van der Waals surface area (Å²) in [6.45, 7) is 3.44.